The zero-order valence-electron chi connectivity index (χ0n) is 14.7. The monoisotopic (exact) mass is 408 g/mol. The Kier molecular flexibility index (Phi) is 5.36. The van der Waals surface area contributed by atoms with Gasteiger partial charge in [-0.3, -0.25) is 0 Å². The van der Waals surface area contributed by atoms with Crippen LogP contribution in [0.2, 0.25) is 0 Å². The van der Waals surface area contributed by atoms with Gasteiger partial charge in [0.25, 0.3) is 0 Å². The molecule has 3 N–H and O–H groups in total. The number of nitrogens with zero attached hydrogens (tertiary/aromatic N) is 1. The molecular formula is C18H20N2O5S2. The first-order chi connectivity index (χ1) is 12.7. The Bertz CT molecular complexity index is 1010. The number of primary sulfonamides is 1. The number of hydrogen-bond donors (Lipinski definition) is 2. The van der Waals surface area contributed by atoms with E-state index in [9.17, 15) is 22.5 Å². The summed E-state index contributed by atoms with van der Waals surface area (Å²) in [5.74, 6) is -1.27. The first kappa shape index (κ1) is 19.5. The summed E-state index contributed by atoms with van der Waals surface area (Å²) in [6.45, 7) is 2.58. The van der Waals surface area contributed by atoms with Gasteiger partial charge in [0, 0.05) is 17.5 Å². The highest BCUT2D eigenvalue weighted by Crippen LogP contribution is 2.37. The number of sulfonamides is 1. The molecule has 0 saturated carbocycles. The molecule has 1 saturated heterocycles. The second-order valence-electron chi connectivity index (χ2n) is 6.44. The number of hydrogen-bond acceptors (Lipinski definition) is 5. The van der Waals surface area contributed by atoms with Crippen molar-refractivity contribution in [1.82, 2.24) is 0 Å². The Hall–Kier alpha value is -2.23. The summed E-state index contributed by atoms with van der Waals surface area (Å²) < 4.78 is 37.8. The van der Waals surface area contributed by atoms with Crippen molar-refractivity contribution in [3.63, 3.8) is 0 Å². The summed E-state index contributed by atoms with van der Waals surface area (Å²) in [6.07, 6.45) is 1.75. The van der Waals surface area contributed by atoms with Crippen LogP contribution in [0.5, 0.6) is 0 Å². The number of carboxylic acid groups (broad SMARTS) is 1. The van der Waals surface area contributed by atoms with Gasteiger partial charge in [0.2, 0.25) is 10.0 Å². The highest BCUT2D eigenvalue weighted by atomic mass is 32.2. The van der Waals surface area contributed by atoms with Gasteiger partial charge in [-0.25, -0.2) is 22.6 Å². The lowest BCUT2D eigenvalue weighted by Crippen LogP contribution is -2.29. The van der Waals surface area contributed by atoms with Gasteiger partial charge in [0.15, 0.2) is 0 Å². The highest BCUT2D eigenvalue weighted by molar-refractivity contribution is 7.91. The molecule has 0 spiro atoms. The Morgan fingerprint density at radius 1 is 1.26 bits per heavy atom. The van der Waals surface area contributed by atoms with Crippen LogP contribution in [-0.4, -0.2) is 36.3 Å². The van der Waals surface area contributed by atoms with E-state index in [4.69, 9.17) is 5.14 Å². The van der Waals surface area contributed by atoms with Crippen LogP contribution in [0.3, 0.4) is 0 Å². The van der Waals surface area contributed by atoms with Crippen molar-refractivity contribution in [2.24, 2.45) is 5.14 Å². The van der Waals surface area contributed by atoms with Crippen LogP contribution in [0, 0.1) is 0 Å². The molecule has 9 heteroatoms. The summed E-state index contributed by atoms with van der Waals surface area (Å²) in [5, 5.41) is 14.8. The molecule has 7 nitrogen and oxygen atoms in total. The molecule has 2 unspecified atom stereocenters. The van der Waals surface area contributed by atoms with E-state index < -0.39 is 31.7 Å². The van der Waals surface area contributed by atoms with Crippen molar-refractivity contribution in [3.8, 4) is 0 Å². The second-order valence-corrected chi connectivity index (χ2v) is 9.39. The lowest BCUT2D eigenvalue weighted by molar-refractivity contribution is 0.0696. The predicted molar refractivity (Wildman–Crippen MR) is 102 cm³/mol. The van der Waals surface area contributed by atoms with Crippen molar-refractivity contribution in [2.75, 3.05) is 11.4 Å². The molecule has 2 aromatic carbocycles. The number of anilines is 1. The minimum absolute atomic E-state index is 0.0300. The maximum absolute atomic E-state index is 13.3. The predicted octanol–water partition coefficient (Wildman–Crippen LogP) is 2.19. The standard InChI is InChI=1S/C18H20N2O5S2/c1-12-6-5-9-20(12)15-10-13(18(21)22)11-16(27(19,24)25)17(15)26(23)14-7-3-2-4-8-14/h2-4,7-8,10-12H,5-6,9H2,1H3,(H,21,22)(H2,19,24,25). The smallest absolute Gasteiger partial charge is 0.335 e. The third-order valence-electron chi connectivity index (χ3n) is 4.59. The topological polar surface area (TPSA) is 118 Å². The van der Waals surface area contributed by atoms with Crippen molar-refractivity contribution in [2.45, 2.75) is 40.5 Å². The van der Waals surface area contributed by atoms with E-state index in [1.54, 1.807) is 30.3 Å². The lowest BCUT2D eigenvalue weighted by atomic mass is 10.1. The third kappa shape index (κ3) is 3.90. The van der Waals surface area contributed by atoms with Crippen LogP contribution in [0.25, 0.3) is 0 Å². The van der Waals surface area contributed by atoms with Crippen molar-refractivity contribution >= 4 is 32.5 Å². The molecule has 1 heterocycles. The van der Waals surface area contributed by atoms with Crippen LogP contribution >= 0.6 is 0 Å². The Labute approximate surface area is 160 Å². The summed E-state index contributed by atoms with van der Waals surface area (Å²) in [7, 11) is -6.14. The van der Waals surface area contributed by atoms with Crippen LogP contribution < -0.4 is 10.0 Å². The third-order valence-corrected chi connectivity index (χ3v) is 7.16. The van der Waals surface area contributed by atoms with Gasteiger partial charge in [-0.1, -0.05) is 18.2 Å². The molecule has 0 amide bonds. The van der Waals surface area contributed by atoms with E-state index in [2.05, 4.69) is 0 Å². The number of rotatable bonds is 5. The molecule has 2 aromatic rings. The van der Waals surface area contributed by atoms with Crippen LogP contribution in [-0.2, 0) is 20.8 Å². The van der Waals surface area contributed by atoms with Crippen molar-refractivity contribution in [3.05, 3.63) is 48.0 Å². The van der Waals surface area contributed by atoms with E-state index in [0.717, 1.165) is 18.9 Å². The van der Waals surface area contributed by atoms with E-state index in [-0.39, 0.29) is 16.5 Å². The number of carbonyl (C=O) groups is 1. The molecule has 1 aliphatic heterocycles. The summed E-state index contributed by atoms with van der Waals surface area (Å²) >= 11 is 0. The molecule has 0 aromatic heterocycles. The van der Waals surface area contributed by atoms with Crippen LogP contribution in [0.15, 0.2) is 57.2 Å². The molecule has 1 fully saturated rings. The van der Waals surface area contributed by atoms with Gasteiger partial charge < -0.3 is 10.0 Å². The fourth-order valence-corrected chi connectivity index (χ4v) is 5.75. The van der Waals surface area contributed by atoms with Gasteiger partial charge in [0.1, 0.15) is 4.90 Å². The minimum Gasteiger partial charge on any atom is -0.478 e. The number of aromatic carboxylic acids is 1. The van der Waals surface area contributed by atoms with Gasteiger partial charge in [0.05, 0.1) is 26.9 Å². The van der Waals surface area contributed by atoms with E-state index in [1.807, 2.05) is 11.8 Å². The van der Waals surface area contributed by atoms with Crippen LogP contribution in [0.1, 0.15) is 30.1 Å². The average molecular weight is 409 g/mol. The quantitative estimate of drug-likeness (QED) is 0.783. The molecule has 0 aliphatic carbocycles. The zero-order valence-corrected chi connectivity index (χ0v) is 16.3. The fourth-order valence-electron chi connectivity index (χ4n) is 3.28. The number of nitrogens with two attached hydrogens (primary N) is 1. The molecule has 27 heavy (non-hydrogen) atoms. The summed E-state index contributed by atoms with van der Waals surface area (Å²) in [5.41, 5.74) is 0.132. The minimum atomic E-state index is -4.30. The van der Waals surface area contributed by atoms with E-state index >= 15 is 0 Å². The molecule has 0 radical (unpaired) electrons. The highest BCUT2D eigenvalue weighted by Gasteiger charge is 2.31. The molecule has 2 atom stereocenters. The number of carboxylic acids is 1. The van der Waals surface area contributed by atoms with Gasteiger partial charge in [-0.2, -0.15) is 0 Å². The zero-order chi connectivity index (χ0) is 19.8. The Balaban J connectivity index is 2.34. The molecular weight excluding hydrogens is 388 g/mol. The average Bonchev–Trinajstić information content (AvgIpc) is 3.05. The largest absolute Gasteiger partial charge is 0.478 e. The first-order valence-electron chi connectivity index (χ1n) is 8.37. The maximum Gasteiger partial charge on any atom is 0.335 e. The second kappa shape index (κ2) is 7.41. The van der Waals surface area contributed by atoms with Gasteiger partial charge >= 0.3 is 5.97 Å². The van der Waals surface area contributed by atoms with Gasteiger partial charge in [-0.05, 0) is 44.0 Å². The molecule has 144 valence electrons. The summed E-state index contributed by atoms with van der Waals surface area (Å²) in [4.78, 5) is 13.5. The normalized spacial score (nSPS) is 18.4. The van der Waals surface area contributed by atoms with E-state index in [1.165, 1.54) is 6.07 Å². The lowest BCUT2D eigenvalue weighted by Gasteiger charge is -2.27. The molecule has 1 aliphatic rings. The SMILES string of the molecule is CC1CCCN1c1cc(C(=O)O)cc(S(N)(=O)=O)c1S(=O)c1ccccc1. The molecule has 0 bridgehead atoms. The Morgan fingerprint density at radius 2 is 1.93 bits per heavy atom. The van der Waals surface area contributed by atoms with Crippen molar-refractivity contribution < 1.29 is 22.5 Å². The van der Waals surface area contributed by atoms with E-state index in [0.29, 0.717) is 17.1 Å². The number of benzene rings is 2. The molecule has 3 rings (SSSR count). The van der Waals surface area contributed by atoms with Crippen LogP contribution in [0.4, 0.5) is 5.69 Å². The maximum atomic E-state index is 13.3. The van der Waals surface area contributed by atoms with Crippen molar-refractivity contribution in [1.29, 1.82) is 0 Å². The van der Waals surface area contributed by atoms with Gasteiger partial charge in [-0.15, -0.1) is 0 Å². The summed E-state index contributed by atoms with van der Waals surface area (Å²) in [6, 6.07) is 10.9. The Morgan fingerprint density at radius 3 is 2.44 bits per heavy atom. The fraction of sp³-hybridized carbons (Fsp3) is 0.278. The first-order valence-corrected chi connectivity index (χ1v) is 11.1.